The van der Waals surface area contributed by atoms with Gasteiger partial charge in [-0.3, -0.25) is 0 Å². The second-order valence-electron chi connectivity index (χ2n) is 6.10. The van der Waals surface area contributed by atoms with Gasteiger partial charge in [-0.2, -0.15) is 5.10 Å². The van der Waals surface area contributed by atoms with Crippen molar-refractivity contribution in [2.24, 2.45) is 0 Å². The van der Waals surface area contributed by atoms with Gasteiger partial charge in [0.05, 0.1) is 29.7 Å². The van der Waals surface area contributed by atoms with Crippen LogP contribution < -0.4 is 0 Å². The maximum Gasteiger partial charge on any atom is 0.163 e. The fourth-order valence-corrected chi connectivity index (χ4v) is 3.03. The lowest BCUT2D eigenvalue weighted by Gasteiger charge is -2.07. The van der Waals surface area contributed by atoms with Gasteiger partial charge in [-0.25, -0.2) is 14.6 Å². The van der Waals surface area contributed by atoms with Crippen LogP contribution >= 0.6 is 0 Å². The summed E-state index contributed by atoms with van der Waals surface area (Å²) in [5.41, 5.74) is 5.00. The van der Waals surface area contributed by atoms with Crippen LogP contribution in [0, 0.1) is 13.8 Å². The highest BCUT2D eigenvalue weighted by Gasteiger charge is 2.13. The topological polar surface area (TPSA) is 68.8 Å². The molecular formula is C19H19N5O. The summed E-state index contributed by atoms with van der Waals surface area (Å²) in [6, 6.07) is 14.2. The van der Waals surface area contributed by atoms with E-state index < -0.39 is 0 Å². The molecule has 0 aliphatic rings. The van der Waals surface area contributed by atoms with Crippen molar-refractivity contribution in [2.75, 3.05) is 6.61 Å². The van der Waals surface area contributed by atoms with Gasteiger partial charge in [0, 0.05) is 12.1 Å². The first-order valence-electron chi connectivity index (χ1n) is 8.22. The molecule has 0 fully saturated rings. The van der Waals surface area contributed by atoms with E-state index in [9.17, 15) is 0 Å². The molecule has 0 radical (unpaired) electrons. The Labute approximate surface area is 145 Å². The highest BCUT2D eigenvalue weighted by molar-refractivity contribution is 5.81. The van der Waals surface area contributed by atoms with Gasteiger partial charge in [0.1, 0.15) is 5.82 Å². The number of nitrogens with zero attached hydrogens (tertiary/aromatic N) is 5. The first-order valence-corrected chi connectivity index (χ1v) is 8.22. The van der Waals surface area contributed by atoms with Crippen molar-refractivity contribution >= 4 is 11.0 Å². The van der Waals surface area contributed by atoms with Crippen molar-refractivity contribution in [3.63, 3.8) is 0 Å². The van der Waals surface area contributed by atoms with Crippen LogP contribution in [-0.2, 0) is 6.54 Å². The third-order valence-electron chi connectivity index (χ3n) is 4.18. The number of hydrogen-bond acceptors (Lipinski definition) is 4. The van der Waals surface area contributed by atoms with E-state index in [1.165, 1.54) is 5.56 Å². The zero-order valence-corrected chi connectivity index (χ0v) is 14.2. The second-order valence-corrected chi connectivity index (χ2v) is 6.10. The van der Waals surface area contributed by atoms with Crippen LogP contribution in [-0.4, -0.2) is 36.0 Å². The van der Waals surface area contributed by atoms with E-state index in [-0.39, 0.29) is 6.61 Å². The Morgan fingerprint density at radius 1 is 1.08 bits per heavy atom. The summed E-state index contributed by atoms with van der Waals surface area (Å²) in [6.07, 6.45) is 1.75. The van der Waals surface area contributed by atoms with Crippen LogP contribution in [0.5, 0.6) is 0 Å². The number of aliphatic hydroxyl groups is 1. The summed E-state index contributed by atoms with van der Waals surface area (Å²) < 4.78 is 3.81. The summed E-state index contributed by atoms with van der Waals surface area (Å²) in [5.74, 6) is 1.52. The van der Waals surface area contributed by atoms with Gasteiger partial charge >= 0.3 is 0 Å². The molecule has 6 heteroatoms. The summed E-state index contributed by atoms with van der Waals surface area (Å²) >= 11 is 0. The molecule has 0 saturated heterocycles. The minimum Gasteiger partial charge on any atom is -0.395 e. The molecular weight excluding hydrogens is 314 g/mol. The average Bonchev–Trinajstić information content (AvgIpc) is 3.19. The zero-order chi connectivity index (χ0) is 17.4. The van der Waals surface area contributed by atoms with Gasteiger partial charge in [0.25, 0.3) is 0 Å². The molecule has 1 N–H and O–H groups in total. The van der Waals surface area contributed by atoms with E-state index in [1.54, 1.807) is 6.33 Å². The Hall–Kier alpha value is -2.99. The molecule has 6 nitrogen and oxygen atoms in total. The highest BCUT2D eigenvalue weighted by Crippen LogP contribution is 2.25. The molecule has 2 aromatic heterocycles. The van der Waals surface area contributed by atoms with Crippen molar-refractivity contribution in [3.05, 3.63) is 60.2 Å². The number of aryl methyl sites for hydroxylation is 2. The zero-order valence-electron chi connectivity index (χ0n) is 14.2. The number of benzene rings is 2. The van der Waals surface area contributed by atoms with E-state index in [4.69, 9.17) is 5.11 Å². The van der Waals surface area contributed by atoms with Crippen LogP contribution in [0.25, 0.3) is 28.1 Å². The van der Waals surface area contributed by atoms with Crippen molar-refractivity contribution in [1.82, 2.24) is 24.3 Å². The highest BCUT2D eigenvalue weighted by atomic mass is 16.3. The maximum absolute atomic E-state index is 9.15. The summed E-state index contributed by atoms with van der Waals surface area (Å²) in [7, 11) is 0. The van der Waals surface area contributed by atoms with E-state index in [1.807, 2.05) is 46.5 Å². The number of imidazole rings is 1. The van der Waals surface area contributed by atoms with Gasteiger partial charge in [-0.05, 0) is 49.7 Å². The number of hydrogen-bond donors (Lipinski definition) is 1. The number of fused-ring (bicyclic) bond motifs is 1. The molecule has 4 rings (SSSR count). The Morgan fingerprint density at radius 2 is 1.96 bits per heavy atom. The van der Waals surface area contributed by atoms with Gasteiger partial charge in [-0.15, -0.1) is 0 Å². The molecule has 4 aromatic rings. The van der Waals surface area contributed by atoms with Gasteiger partial charge in [0.2, 0.25) is 0 Å². The first kappa shape index (κ1) is 15.5. The van der Waals surface area contributed by atoms with E-state index in [0.717, 1.165) is 33.9 Å². The lowest BCUT2D eigenvalue weighted by Crippen LogP contribution is -2.01. The third-order valence-corrected chi connectivity index (χ3v) is 4.18. The quantitative estimate of drug-likeness (QED) is 0.623. The molecule has 2 aromatic carbocycles. The van der Waals surface area contributed by atoms with E-state index >= 15 is 0 Å². The molecule has 0 unspecified atom stereocenters. The number of aromatic nitrogens is 5. The molecule has 25 heavy (non-hydrogen) atoms. The molecule has 0 spiro atoms. The molecule has 0 saturated carbocycles. The summed E-state index contributed by atoms with van der Waals surface area (Å²) in [6.45, 7) is 4.58. The van der Waals surface area contributed by atoms with Gasteiger partial charge < -0.3 is 9.67 Å². The van der Waals surface area contributed by atoms with Gasteiger partial charge in [-0.1, -0.05) is 12.1 Å². The van der Waals surface area contributed by atoms with Crippen molar-refractivity contribution in [3.8, 4) is 17.1 Å². The third kappa shape index (κ3) is 2.81. The SMILES string of the molecule is Cc1cccc(-n2nc(C)nc2-c2ccc3c(c2)ncn3CCO)c1. The normalized spacial score (nSPS) is 11.3. The number of aliphatic hydroxyl groups excluding tert-OH is 1. The molecule has 2 heterocycles. The molecule has 0 aliphatic carbocycles. The van der Waals surface area contributed by atoms with E-state index in [2.05, 4.69) is 34.1 Å². The average molecular weight is 333 g/mol. The standard InChI is InChI=1S/C19H19N5O/c1-13-4-3-5-16(10-13)24-19(21-14(2)22-24)15-6-7-18-17(11-15)20-12-23(18)8-9-25/h3-7,10-12,25H,8-9H2,1-2H3. The summed E-state index contributed by atoms with van der Waals surface area (Å²) in [4.78, 5) is 9.06. The Bertz CT molecular complexity index is 1050. The van der Waals surface area contributed by atoms with Crippen LogP contribution in [0.4, 0.5) is 0 Å². The predicted octanol–water partition coefficient (Wildman–Crippen LogP) is 2.89. The largest absolute Gasteiger partial charge is 0.395 e. The Morgan fingerprint density at radius 3 is 2.76 bits per heavy atom. The van der Waals surface area contributed by atoms with E-state index in [0.29, 0.717) is 6.54 Å². The molecule has 0 aliphatic heterocycles. The lowest BCUT2D eigenvalue weighted by atomic mass is 10.1. The van der Waals surface area contributed by atoms with Crippen molar-refractivity contribution in [2.45, 2.75) is 20.4 Å². The molecule has 0 atom stereocenters. The Kier molecular flexibility index (Phi) is 3.82. The minimum atomic E-state index is 0.0914. The number of rotatable bonds is 4. The van der Waals surface area contributed by atoms with Crippen LogP contribution in [0.3, 0.4) is 0 Å². The fourth-order valence-electron chi connectivity index (χ4n) is 3.03. The first-order chi connectivity index (χ1) is 12.2. The minimum absolute atomic E-state index is 0.0914. The van der Waals surface area contributed by atoms with Gasteiger partial charge in [0.15, 0.2) is 5.82 Å². The maximum atomic E-state index is 9.15. The van der Waals surface area contributed by atoms with Crippen LogP contribution in [0.15, 0.2) is 48.8 Å². The van der Waals surface area contributed by atoms with Crippen molar-refractivity contribution < 1.29 is 5.11 Å². The fraction of sp³-hybridized carbons (Fsp3) is 0.211. The molecule has 0 amide bonds. The van der Waals surface area contributed by atoms with Crippen LogP contribution in [0.2, 0.25) is 0 Å². The monoisotopic (exact) mass is 333 g/mol. The van der Waals surface area contributed by atoms with Crippen LogP contribution in [0.1, 0.15) is 11.4 Å². The second kappa shape index (κ2) is 6.14. The lowest BCUT2D eigenvalue weighted by molar-refractivity contribution is 0.278. The molecule has 0 bridgehead atoms. The summed E-state index contributed by atoms with van der Waals surface area (Å²) in [5, 5.41) is 13.7. The predicted molar refractivity (Wildman–Crippen MR) is 96.6 cm³/mol. The smallest absolute Gasteiger partial charge is 0.163 e. The van der Waals surface area contributed by atoms with Crippen molar-refractivity contribution in [1.29, 1.82) is 0 Å². The Balaban J connectivity index is 1.84. The molecule has 126 valence electrons.